The van der Waals surface area contributed by atoms with Gasteiger partial charge in [-0.05, 0) is 32.9 Å². The molecule has 0 fully saturated rings. The van der Waals surface area contributed by atoms with Crippen molar-refractivity contribution in [2.24, 2.45) is 0 Å². The number of methoxy groups -OCH3 is 1. The molecule has 116 valence electrons. The Morgan fingerprint density at radius 1 is 1.38 bits per heavy atom. The molecule has 5 nitrogen and oxygen atoms in total. The van der Waals surface area contributed by atoms with Gasteiger partial charge in [0.1, 0.15) is 6.29 Å². The van der Waals surface area contributed by atoms with E-state index in [2.05, 4.69) is 0 Å². The molecular weight excluding hydrogens is 294 g/mol. The normalized spacial score (nSPS) is 11.7. The molecule has 1 unspecified atom stereocenters. The summed E-state index contributed by atoms with van der Waals surface area (Å²) in [7, 11) is 1.45. The van der Waals surface area contributed by atoms with Crippen LogP contribution in [0.1, 0.15) is 31.1 Å². The maximum atomic E-state index is 12.2. The molecule has 1 atom stereocenters. The van der Waals surface area contributed by atoms with E-state index < -0.39 is 6.10 Å². The van der Waals surface area contributed by atoms with Crippen molar-refractivity contribution in [2.45, 2.75) is 26.9 Å². The molecule has 0 bridgehead atoms. The van der Waals surface area contributed by atoms with E-state index in [1.807, 2.05) is 13.8 Å². The Hall–Kier alpha value is -1.75. The second-order valence-corrected chi connectivity index (χ2v) is 4.83. The summed E-state index contributed by atoms with van der Waals surface area (Å²) in [6.45, 7) is 6.68. The molecule has 0 radical (unpaired) electrons. The zero-order chi connectivity index (χ0) is 16.0. The summed E-state index contributed by atoms with van der Waals surface area (Å²) in [6, 6.07) is 2.99. The Morgan fingerprint density at radius 3 is 2.48 bits per heavy atom. The fraction of sp³-hybridized carbons (Fsp3) is 0.467. The Labute approximate surface area is 129 Å². The summed E-state index contributed by atoms with van der Waals surface area (Å²) in [5.74, 6) is 0.458. The molecule has 1 rings (SSSR count). The van der Waals surface area contributed by atoms with Crippen molar-refractivity contribution >= 4 is 23.8 Å². The third-order valence-corrected chi connectivity index (χ3v) is 3.39. The van der Waals surface area contributed by atoms with Crippen molar-refractivity contribution in [3.63, 3.8) is 0 Å². The molecule has 0 N–H and O–H groups in total. The van der Waals surface area contributed by atoms with Crippen LogP contribution < -0.4 is 9.47 Å². The van der Waals surface area contributed by atoms with Crippen LogP contribution >= 0.6 is 11.6 Å². The van der Waals surface area contributed by atoms with E-state index >= 15 is 0 Å². The Balaban J connectivity index is 3.01. The van der Waals surface area contributed by atoms with Gasteiger partial charge < -0.3 is 14.4 Å². The minimum absolute atomic E-state index is 0.127. The van der Waals surface area contributed by atoms with Crippen molar-refractivity contribution in [2.75, 3.05) is 20.2 Å². The lowest BCUT2D eigenvalue weighted by molar-refractivity contribution is -0.137. The molecule has 0 aliphatic carbocycles. The number of ether oxygens (including phenoxy) is 2. The second kappa shape index (κ2) is 7.88. The fourth-order valence-electron chi connectivity index (χ4n) is 1.94. The first-order chi connectivity index (χ1) is 9.98. The summed E-state index contributed by atoms with van der Waals surface area (Å²) >= 11 is 6.10. The van der Waals surface area contributed by atoms with Gasteiger partial charge in [0.05, 0.1) is 12.1 Å². The molecule has 1 amide bonds. The van der Waals surface area contributed by atoms with Crippen molar-refractivity contribution in [1.82, 2.24) is 4.90 Å². The minimum Gasteiger partial charge on any atom is -0.493 e. The number of aldehydes is 1. The number of hydrogen-bond donors (Lipinski definition) is 0. The van der Waals surface area contributed by atoms with Gasteiger partial charge in [0.25, 0.3) is 5.91 Å². The van der Waals surface area contributed by atoms with Crippen LogP contribution in [0.15, 0.2) is 12.1 Å². The molecule has 0 spiro atoms. The quantitative estimate of drug-likeness (QED) is 0.726. The third-order valence-electron chi connectivity index (χ3n) is 3.11. The van der Waals surface area contributed by atoms with E-state index in [1.165, 1.54) is 19.2 Å². The maximum Gasteiger partial charge on any atom is 0.263 e. The van der Waals surface area contributed by atoms with Gasteiger partial charge in [-0.3, -0.25) is 9.59 Å². The third kappa shape index (κ3) is 4.11. The molecule has 6 heteroatoms. The van der Waals surface area contributed by atoms with E-state index in [4.69, 9.17) is 21.1 Å². The highest BCUT2D eigenvalue weighted by Gasteiger charge is 2.23. The summed E-state index contributed by atoms with van der Waals surface area (Å²) in [5, 5.41) is 0.232. The molecule has 0 aliphatic heterocycles. The van der Waals surface area contributed by atoms with Gasteiger partial charge in [-0.15, -0.1) is 0 Å². The average Bonchev–Trinajstić information content (AvgIpc) is 2.49. The molecule has 0 heterocycles. The van der Waals surface area contributed by atoms with Gasteiger partial charge in [-0.25, -0.2) is 0 Å². The number of likely N-dealkylation sites (N-methyl/N-ethyl adjacent to an activating group) is 1. The van der Waals surface area contributed by atoms with E-state index in [-0.39, 0.29) is 16.7 Å². The first kappa shape index (κ1) is 17.3. The largest absolute Gasteiger partial charge is 0.493 e. The lowest BCUT2D eigenvalue weighted by Crippen LogP contribution is -2.40. The molecule has 0 aliphatic rings. The van der Waals surface area contributed by atoms with E-state index in [1.54, 1.807) is 11.8 Å². The number of rotatable bonds is 7. The summed E-state index contributed by atoms with van der Waals surface area (Å²) in [4.78, 5) is 24.7. The zero-order valence-electron chi connectivity index (χ0n) is 12.7. The topological polar surface area (TPSA) is 55.8 Å². The predicted octanol–water partition coefficient (Wildman–Crippen LogP) is 2.80. The number of carbonyl (C=O) groups excluding carboxylic acids is 2. The molecule has 0 saturated carbocycles. The molecule has 0 aromatic heterocycles. The van der Waals surface area contributed by atoms with Gasteiger partial charge in [0, 0.05) is 18.7 Å². The Kier molecular flexibility index (Phi) is 6.49. The first-order valence-corrected chi connectivity index (χ1v) is 7.14. The van der Waals surface area contributed by atoms with Crippen LogP contribution in [0.2, 0.25) is 5.02 Å². The molecular formula is C15H20ClNO4. The number of nitrogens with zero attached hydrogens (tertiary/aromatic N) is 1. The van der Waals surface area contributed by atoms with Crippen molar-refractivity contribution in [3.8, 4) is 11.5 Å². The highest BCUT2D eigenvalue weighted by molar-refractivity contribution is 6.32. The summed E-state index contributed by atoms with van der Waals surface area (Å²) < 4.78 is 10.8. The van der Waals surface area contributed by atoms with Crippen molar-refractivity contribution in [1.29, 1.82) is 0 Å². The number of halogens is 1. The van der Waals surface area contributed by atoms with Gasteiger partial charge in [0.15, 0.2) is 17.6 Å². The van der Waals surface area contributed by atoms with E-state index in [0.29, 0.717) is 30.7 Å². The lowest BCUT2D eigenvalue weighted by atomic mass is 10.2. The Bertz CT molecular complexity index is 515. The van der Waals surface area contributed by atoms with Gasteiger partial charge >= 0.3 is 0 Å². The summed E-state index contributed by atoms with van der Waals surface area (Å²) in [6.07, 6.45) is -0.0266. The number of carbonyl (C=O) groups is 2. The Morgan fingerprint density at radius 2 is 2.00 bits per heavy atom. The minimum atomic E-state index is -0.696. The number of benzene rings is 1. The second-order valence-electron chi connectivity index (χ2n) is 4.42. The number of hydrogen-bond acceptors (Lipinski definition) is 4. The zero-order valence-corrected chi connectivity index (χ0v) is 13.4. The van der Waals surface area contributed by atoms with Gasteiger partial charge in [0.2, 0.25) is 0 Å². The first-order valence-electron chi connectivity index (χ1n) is 6.76. The van der Waals surface area contributed by atoms with E-state index in [9.17, 15) is 9.59 Å². The highest BCUT2D eigenvalue weighted by atomic mass is 35.5. The fourth-order valence-corrected chi connectivity index (χ4v) is 2.21. The van der Waals surface area contributed by atoms with Crippen LogP contribution in [0.3, 0.4) is 0 Å². The van der Waals surface area contributed by atoms with E-state index in [0.717, 1.165) is 0 Å². The lowest BCUT2D eigenvalue weighted by Gasteiger charge is -2.24. The number of amides is 1. The standard InChI is InChI=1S/C15H20ClNO4/c1-5-17(6-2)15(19)10(3)21-14-12(16)7-11(9-18)8-13(14)20-4/h7-10H,5-6H2,1-4H3. The smallest absolute Gasteiger partial charge is 0.263 e. The average molecular weight is 314 g/mol. The maximum absolute atomic E-state index is 12.2. The van der Waals surface area contributed by atoms with Crippen LogP contribution in [-0.4, -0.2) is 43.4 Å². The van der Waals surface area contributed by atoms with Gasteiger partial charge in [-0.1, -0.05) is 11.6 Å². The predicted molar refractivity (Wildman–Crippen MR) is 81.4 cm³/mol. The van der Waals surface area contributed by atoms with Crippen molar-refractivity contribution in [3.05, 3.63) is 22.7 Å². The van der Waals surface area contributed by atoms with Crippen LogP contribution in [0.5, 0.6) is 11.5 Å². The van der Waals surface area contributed by atoms with Crippen LogP contribution in [-0.2, 0) is 4.79 Å². The van der Waals surface area contributed by atoms with Crippen LogP contribution in [0.25, 0.3) is 0 Å². The molecule has 1 aromatic carbocycles. The monoisotopic (exact) mass is 313 g/mol. The molecule has 21 heavy (non-hydrogen) atoms. The summed E-state index contributed by atoms with van der Waals surface area (Å²) in [5.41, 5.74) is 0.381. The SMILES string of the molecule is CCN(CC)C(=O)C(C)Oc1c(Cl)cc(C=O)cc1OC. The van der Waals surface area contributed by atoms with Crippen LogP contribution in [0, 0.1) is 0 Å². The van der Waals surface area contributed by atoms with Gasteiger partial charge in [-0.2, -0.15) is 0 Å². The highest BCUT2D eigenvalue weighted by Crippen LogP contribution is 2.36. The molecule has 1 aromatic rings. The molecule has 0 saturated heterocycles. The van der Waals surface area contributed by atoms with Crippen LogP contribution in [0.4, 0.5) is 0 Å². The van der Waals surface area contributed by atoms with Crippen molar-refractivity contribution < 1.29 is 19.1 Å².